The van der Waals surface area contributed by atoms with Crippen LogP contribution >= 0.6 is 0 Å². The molecule has 0 aliphatic rings. The van der Waals surface area contributed by atoms with Gasteiger partial charge in [-0.1, -0.05) is 23.8 Å². The van der Waals surface area contributed by atoms with Gasteiger partial charge in [0.05, 0.1) is 10.9 Å². The molecule has 0 atom stereocenters. The normalized spacial score (nSPS) is 12.0. The van der Waals surface area contributed by atoms with Gasteiger partial charge < -0.3 is 9.88 Å². The Kier molecular flexibility index (Phi) is 6.72. The van der Waals surface area contributed by atoms with Crippen molar-refractivity contribution >= 4 is 28.8 Å². The highest BCUT2D eigenvalue weighted by molar-refractivity contribution is 6.07. The number of hydrogen-bond donors (Lipinski definition) is 2. The summed E-state index contributed by atoms with van der Waals surface area (Å²) in [4.78, 5) is 37.8. The molecule has 0 aliphatic carbocycles. The van der Waals surface area contributed by atoms with E-state index >= 15 is 0 Å². The number of benzene rings is 1. The van der Waals surface area contributed by atoms with Crippen molar-refractivity contribution in [3.63, 3.8) is 0 Å². The van der Waals surface area contributed by atoms with E-state index in [1.807, 2.05) is 39.8 Å². The van der Waals surface area contributed by atoms with Gasteiger partial charge in [-0.3, -0.25) is 19.9 Å². The second kappa shape index (κ2) is 9.64. The second-order valence-corrected chi connectivity index (χ2v) is 9.57. The van der Waals surface area contributed by atoms with E-state index in [1.54, 1.807) is 22.9 Å². The van der Waals surface area contributed by atoms with Gasteiger partial charge in [0.2, 0.25) is 5.95 Å². The quantitative estimate of drug-likeness (QED) is 0.389. The minimum Gasteiger partial charge on any atom is -0.348 e. The summed E-state index contributed by atoms with van der Waals surface area (Å²) in [7, 11) is 0. The Balaban J connectivity index is 1.58. The summed E-state index contributed by atoms with van der Waals surface area (Å²) in [5.41, 5.74) is 1.18. The van der Waals surface area contributed by atoms with E-state index in [1.165, 1.54) is 12.3 Å². The zero-order chi connectivity index (χ0) is 27.0. The lowest BCUT2D eigenvalue weighted by molar-refractivity contribution is -0.141. The molecule has 3 heterocycles. The number of anilines is 1. The van der Waals surface area contributed by atoms with Crippen LogP contribution < -0.4 is 10.6 Å². The number of nitrogens with one attached hydrogen (secondary N) is 2. The van der Waals surface area contributed by atoms with Gasteiger partial charge >= 0.3 is 6.18 Å². The topological polar surface area (TPSA) is 102 Å². The number of rotatable bonds is 5. The maximum Gasteiger partial charge on any atom is 0.433 e. The predicted octanol–water partition coefficient (Wildman–Crippen LogP) is 5.09. The van der Waals surface area contributed by atoms with Crippen LogP contribution in [0.5, 0.6) is 0 Å². The Labute approximate surface area is 211 Å². The lowest BCUT2D eigenvalue weighted by atomic mass is 10.1. The third-order valence-corrected chi connectivity index (χ3v) is 5.62. The Morgan fingerprint density at radius 3 is 2.24 bits per heavy atom. The summed E-state index contributed by atoms with van der Waals surface area (Å²) in [5, 5.41) is 5.86. The van der Waals surface area contributed by atoms with Crippen molar-refractivity contribution in [2.45, 2.75) is 46.0 Å². The average Bonchev–Trinajstić information content (AvgIpc) is 3.22. The van der Waals surface area contributed by atoms with Crippen molar-refractivity contribution in [3.8, 4) is 0 Å². The maximum absolute atomic E-state index is 13.0. The summed E-state index contributed by atoms with van der Waals surface area (Å²) < 4.78 is 40.0. The number of fused-ring (bicyclic) bond motifs is 1. The van der Waals surface area contributed by atoms with Crippen LogP contribution in [0.3, 0.4) is 0 Å². The van der Waals surface area contributed by atoms with Crippen molar-refractivity contribution in [2.75, 3.05) is 5.32 Å². The van der Waals surface area contributed by atoms with Gasteiger partial charge in [0.1, 0.15) is 11.3 Å². The Hall–Kier alpha value is -4.28. The SMILES string of the molecule is Cc1ccc(C(=O)Nc2ncc3c(C(=O)NCc4ccc(C(F)(F)F)nc4)cn(C(C)(C)C)c3n2)cc1. The van der Waals surface area contributed by atoms with E-state index < -0.39 is 23.3 Å². The Bertz CT molecular complexity index is 1450. The van der Waals surface area contributed by atoms with E-state index in [4.69, 9.17) is 0 Å². The summed E-state index contributed by atoms with van der Waals surface area (Å²) in [6, 6.07) is 9.20. The fourth-order valence-corrected chi connectivity index (χ4v) is 3.61. The lowest BCUT2D eigenvalue weighted by Gasteiger charge is -2.22. The summed E-state index contributed by atoms with van der Waals surface area (Å²) in [6.45, 7) is 7.73. The molecular weight excluding hydrogens is 485 g/mol. The molecule has 0 saturated heterocycles. The molecule has 4 aromatic rings. The van der Waals surface area contributed by atoms with Crippen molar-refractivity contribution in [1.29, 1.82) is 0 Å². The molecule has 2 amide bonds. The Morgan fingerprint density at radius 1 is 0.946 bits per heavy atom. The molecule has 0 spiro atoms. The van der Waals surface area contributed by atoms with Crippen LogP contribution in [0.1, 0.15) is 58.3 Å². The average molecular weight is 511 g/mol. The van der Waals surface area contributed by atoms with Gasteiger partial charge in [-0.15, -0.1) is 0 Å². The number of halogens is 3. The van der Waals surface area contributed by atoms with E-state index in [0.29, 0.717) is 27.7 Å². The first-order valence-electron chi connectivity index (χ1n) is 11.4. The number of aryl methyl sites for hydroxylation is 1. The van der Waals surface area contributed by atoms with Gasteiger partial charge in [-0.25, -0.2) is 4.98 Å². The van der Waals surface area contributed by atoms with Crippen LogP contribution in [0.4, 0.5) is 19.1 Å². The molecule has 0 radical (unpaired) electrons. The highest BCUT2D eigenvalue weighted by Crippen LogP contribution is 2.28. The molecule has 0 aliphatic heterocycles. The first kappa shape index (κ1) is 25.8. The highest BCUT2D eigenvalue weighted by Gasteiger charge is 2.32. The summed E-state index contributed by atoms with van der Waals surface area (Å²) in [6.07, 6.45) is -0.349. The van der Waals surface area contributed by atoms with Crippen LogP contribution in [-0.2, 0) is 18.3 Å². The lowest BCUT2D eigenvalue weighted by Crippen LogP contribution is -2.24. The number of aromatic nitrogens is 4. The molecule has 0 fully saturated rings. The van der Waals surface area contributed by atoms with E-state index in [2.05, 4.69) is 25.6 Å². The van der Waals surface area contributed by atoms with Crippen LogP contribution in [0, 0.1) is 6.92 Å². The zero-order valence-electron chi connectivity index (χ0n) is 20.6. The summed E-state index contributed by atoms with van der Waals surface area (Å²) in [5.74, 6) is -0.728. The smallest absolute Gasteiger partial charge is 0.348 e. The first-order valence-corrected chi connectivity index (χ1v) is 11.4. The number of carbonyl (C=O) groups excluding carboxylic acids is 2. The maximum atomic E-state index is 13.0. The molecule has 3 aromatic heterocycles. The molecule has 0 unspecified atom stereocenters. The zero-order valence-corrected chi connectivity index (χ0v) is 20.6. The minimum atomic E-state index is -4.53. The Morgan fingerprint density at radius 2 is 1.65 bits per heavy atom. The highest BCUT2D eigenvalue weighted by atomic mass is 19.4. The molecule has 4 rings (SSSR count). The molecule has 2 N–H and O–H groups in total. The van der Waals surface area contributed by atoms with Crippen molar-refractivity contribution in [2.24, 2.45) is 0 Å². The van der Waals surface area contributed by atoms with E-state index in [9.17, 15) is 22.8 Å². The summed E-state index contributed by atoms with van der Waals surface area (Å²) >= 11 is 0. The van der Waals surface area contributed by atoms with Crippen molar-refractivity contribution < 1.29 is 22.8 Å². The number of hydrogen-bond acceptors (Lipinski definition) is 5. The van der Waals surface area contributed by atoms with Crippen LogP contribution in [0.2, 0.25) is 0 Å². The largest absolute Gasteiger partial charge is 0.433 e. The van der Waals surface area contributed by atoms with Gasteiger partial charge in [0, 0.05) is 36.2 Å². The molecule has 8 nitrogen and oxygen atoms in total. The minimum absolute atomic E-state index is 0.0162. The van der Waals surface area contributed by atoms with Crippen LogP contribution in [0.15, 0.2) is 55.0 Å². The molecular formula is C26H25F3N6O2. The predicted molar refractivity (Wildman–Crippen MR) is 132 cm³/mol. The number of nitrogens with zero attached hydrogens (tertiary/aromatic N) is 4. The molecule has 37 heavy (non-hydrogen) atoms. The van der Waals surface area contributed by atoms with E-state index in [-0.39, 0.29) is 18.4 Å². The molecule has 192 valence electrons. The van der Waals surface area contributed by atoms with Crippen molar-refractivity contribution in [3.05, 3.63) is 82.9 Å². The molecule has 0 saturated carbocycles. The number of carbonyl (C=O) groups is 2. The fourth-order valence-electron chi connectivity index (χ4n) is 3.61. The molecule has 11 heteroatoms. The first-order chi connectivity index (χ1) is 17.3. The van der Waals surface area contributed by atoms with Gasteiger partial charge in [0.15, 0.2) is 0 Å². The van der Waals surface area contributed by atoms with Crippen LogP contribution in [-0.4, -0.2) is 31.3 Å². The van der Waals surface area contributed by atoms with Gasteiger partial charge in [-0.05, 0) is 51.5 Å². The van der Waals surface area contributed by atoms with E-state index in [0.717, 1.165) is 17.8 Å². The number of pyridine rings is 1. The third-order valence-electron chi connectivity index (χ3n) is 5.62. The fraction of sp³-hybridized carbons (Fsp3) is 0.269. The third kappa shape index (κ3) is 5.76. The van der Waals surface area contributed by atoms with Gasteiger partial charge in [0.25, 0.3) is 11.8 Å². The van der Waals surface area contributed by atoms with Crippen molar-refractivity contribution in [1.82, 2.24) is 24.8 Å². The number of amides is 2. The molecule has 1 aromatic carbocycles. The van der Waals surface area contributed by atoms with Crippen LogP contribution in [0.25, 0.3) is 11.0 Å². The standard InChI is InChI=1S/C26H25F3N6O2/c1-15-5-8-17(9-6-15)22(36)34-24-32-13-18-19(14-35(21(18)33-24)25(2,3)4)23(37)31-12-16-7-10-20(30-11-16)26(27,28)29/h5-11,13-14H,12H2,1-4H3,(H,31,37)(H,32,33,34,36). The molecule has 0 bridgehead atoms. The monoisotopic (exact) mass is 510 g/mol. The number of alkyl halides is 3. The van der Waals surface area contributed by atoms with Gasteiger partial charge in [-0.2, -0.15) is 18.2 Å². The second-order valence-electron chi connectivity index (χ2n) is 9.57.